The van der Waals surface area contributed by atoms with Crippen LogP contribution >= 0.6 is 8.00 Å². The summed E-state index contributed by atoms with van der Waals surface area (Å²) >= 11 is 0. The molecule has 0 spiro atoms. The Balaban J connectivity index is 3.08. The fourth-order valence-electron chi connectivity index (χ4n) is 1.09. The Labute approximate surface area is 93.0 Å². The predicted octanol–water partition coefficient (Wildman–Crippen LogP) is 0.684. The third-order valence-corrected chi connectivity index (χ3v) is 2.24. The van der Waals surface area contributed by atoms with Crippen LogP contribution in [0.25, 0.3) is 0 Å². The van der Waals surface area contributed by atoms with Gasteiger partial charge in [0.05, 0.1) is 0 Å². The van der Waals surface area contributed by atoms with Gasteiger partial charge in [0.25, 0.3) is 0 Å². The van der Waals surface area contributed by atoms with Crippen LogP contribution in [0, 0.1) is 0 Å². The van der Waals surface area contributed by atoms with Gasteiger partial charge in [0.1, 0.15) is 0 Å². The van der Waals surface area contributed by atoms with E-state index in [2.05, 4.69) is 23.6 Å². The van der Waals surface area contributed by atoms with Gasteiger partial charge in [-0.15, -0.1) is 0 Å². The van der Waals surface area contributed by atoms with E-state index in [1.807, 2.05) is 6.20 Å². The monoisotopic (exact) mass is 232 g/mol. The van der Waals surface area contributed by atoms with Crippen molar-refractivity contribution >= 4 is 13.9 Å². The molecule has 0 aromatic heterocycles. The second kappa shape index (κ2) is 11.7. The number of hydrogen-bond acceptors (Lipinski definition) is 3. The quantitative estimate of drug-likeness (QED) is 0.404. The molecule has 0 aromatic carbocycles. The van der Waals surface area contributed by atoms with Crippen LogP contribution < -0.4 is 15.5 Å². The van der Waals surface area contributed by atoms with E-state index >= 15 is 0 Å². The molecule has 0 rings (SSSR count). The molecule has 0 aliphatic carbocycles. The van der Waals surface area contributed by atoms with E-state index in [0.717, 1.165) is 38.8 Å². The topological polar surface area (TPSA) is 67.3 Å². The van der Waals surface area contributed by atoms with E-state index in [1.54, 1.807) is 0 Å². The molecule has 5 heteroatoms. The van der Waals surface area contributed by atoms with Crippen LogP contribution in [0.15, 0.2) is 12.3 Å². The highest BCUT2D eigenvalue weighted by Crippen LogP contribution is 2.00. The van der Waals surface area contributed by atoms with Gasteiger partial charge in [0, 0.05) is 13.1 Å². The molecule has 0 saturated carbocycles. The molecule has 88 valence electrons. The first-order valence-corrected chi connectivity index (χ1v) is 6.66. The van der Waals surface area contributed by atoms with Crippen molar-refractivity contribution in [1.29, 1.82) is 0 Å². The molecule has 4 nitrogen and oxygen atoms in total. The first kappa shape index (κ1) is 14.6. The van der Waals surface area contributed by atoms with E-state index in [1.165, 1.54) is 5.92 Å². The van der Waals surface area contributed by atoms with Crippen LogP contribution in [0.2, 0.25) is 0 Å². The third-order valence-electron chi connectivity index (χ3n) is 1.83. The molecule has 0 saturated heterocycles. The van der Waals surface area contributed by atoms with Gasteiger partial charge < -0.3 is 10.2 Å². The minimum absolute atomic E-state index is 0.776. The summed E-state index contributed by atoms with van der Waals surface area (Å²) in [6.45, 7) is 3.81. The molecule has 0 bridgehead atoms. The van der Waals surface area contributed by atoms with Gasteiger partial charge in [-0.2, -0.15) is 4.89 Å². The van der Waals surface area contributed by atoms with Gasteiger partial charge in [-0.1, -0.05) is 12.5 Å². The Kier molecular flexibility index (Phi) is 11.3. The Morgan fingerprint density at radius 3 is 2.73 bits per heavy atom. The molecule has 15 heavy (non-hydrogen) atoms. The highest BCUT2D eigenvalue weighted by atomic mass is 31.1. The van der Waals surface area contributed by atoms with Gasteiger partial charge >= 0.3 is 0 Å². The van der Waals surface area contributed by atoms with Crippen molar-refractivity contribution in [1.82, 2.24) is 10.6 Å². The summed E-state index contributed by atoms with van der Waals surface area (Å²) in [5.74, 6) is 1.24. The third kappa shape index (κ3) is 13.6. The SMILES string of the molecule is CCNC=CCCCCCN/C=[P+](\[O-])O. The summed E-state index contributed by atoms with van der Waals surface area (Å²) in [6, 6.07) is 0. The molecular formula is C10H21N2O2P. The molecule has 0 amide bonds. The summed E-state index contributed by atoms with van der Waals surface area (Å²) in [5, 5.41) is 5.92. The van der Waals surface area contributed by atoms with E-state index in [9.17, 15) is 4.89 Å². The maximum absolute atomic E-state index is 10.2. The lowest BCUT2D eigenvalue weighted by Crippen LogP contribution is -2.13. The van der Waals surface area contributed by atoms with Gasteiger partial charge in [-0.25, -0.2) is 0 Å². The second-order valence-electron chi connectivity index (χ2n) is 3.20. The normalized spacial score (nSPS) is 12.3. The van der Waals surface area contributed by atoms with Crippen molar-refractivity contribution in [2.75, 3.05) is 13.1 Å². The first-order chi connectivity index (χ1) is 7.27. The van der Waals surface area contributed by atoms with Crippen LogP contribution in [-0.4, -0.2) is 23.9 Å². The van der Waals surface area contributed by atoms with Crippen molar-refractivity contribution in [3.05, 3.63) is 12.3 Å². The second-order valence-corrected chi connectivity index (χ2v) is 4.06. The number of unbranched alkanes of at least 4 members (excludes halogenated alkanes) is 3. The molecule has 0 aliphatic rings. The smallest absolute Gasteiger partial charge is 0.229 e. The fourth-order valence-corrected chi connectivity index (χ4v) is 1.38. The lowest BCUT2D eigenvalue weighted by Gasteiger charge is -1.97. The number of hydrogen-bond donors (Lipinski definition) is 3. The largest absolute Gasteiger partial charge is 0.602 e. The molecular weight excluding hydrogens is 211 g/mol. The van der Waals surface area contributed by atoms with Crippen molar-refractivity contribution in [2.45, 2.75) is 32.6 Å². The molecule has 0 aromatic rings. The van der Waals surface area contributed by atoms with E-state index in [0.29, 0.717) is 0 Å². The average molecular weight is 232 g/mol. The Bertz CT molecular complexity index is 192. The van der Waals surface area contributed by atoms with Crippen LogP contribution in [0.5, 0.6) is 0 Å². The fraction of sp³-hybridized carbons (Fsp3) is 0.700. The Hall–Kier alpha value is -0.410. The standard InChI is InChI=1S/C10H21N2O2P/c1-2-11-8-6-4-3-5-7-9-12-10-15(13)14/h6,8,10-12H,2-5,7,9H2,1H3,(H,13,14). The van der Waals surface area contributed by atoms with Crippen LogP contribution in [0.3, 0.4) is 0 Å². The molecule has 0 heterocycles. The number of nitrogens with one attached hydrogen (secondary N) is 2. The molecule has 0 fully saturated rings. The van der Waals surface area contributed by atoms with Crippen LogP contribution in [-0.2, 0) is 0 Å². The van der Waals surface area contributed by atoms with Crippen molar-refractivity contribution in [2.24, 2.45) is 0 Å². The Morgan fingerprint density at radius 1 is 1.27 bits per heavy atom. The lowest BCUT2D eigenvalue weighted by molar-refractivity contribution is -0.167. The Morgan fingerprint density at radius 2 is 2.07 bits per heavy atom. The van der Waals surface area contributed by atoms with E-state index < -0.39 is 8.00 Å². The minimum Gasteiger partial charge on any atom is -0.602 e. The molecule has 3 N–H and O–H groups in total. The molecule has 0 radical (unpaired) electrons. The van der Waals surface area contributed by atoms with E-state index in [4.69, 9.17) is 4.89 Å². The van der Waals surface area contributed by atoms with Crippen LogP contribution in [0.4, 0.5) is 0 Å². The van der Waals surface area contributed by atoms with Crippen LogP contribution in [0.1, 0.15) is 32.6 Å². The van der Waals surface area contributed by atoms with E-state index in [-0.39, 0.29) is 0 Å². The number of rotatable bonds is 9. The molecule has 1 unspecified atom stereocenters. The zero-order valence-corrected chi connectivity index (χ0v) is 10.2. The summed E-state index contributed by atoms with van der Waals surface area (Å²) in [7, 11) is -2.14. The summed E-state index contributed by atoms with van der Waals surface area (Å²) in [5.41, 5.74) is 0. The van der Waals surface area contributed by atoms with Gasteiger partial charge in [-0.05, 0) is 32.4 Å². The zero-order chi connectivity index (χ0) is 11.4. The highest BCUT2D eigenvalue weighted by Gasteiger charge is 1.89. The number of allylic oxidation sites excluding steroid dienone is 1. The average Bonchev–Trinajstić information content (AvgIpc) is 2.20. The van der Waals surface area contributed by atoms with Gasteiger partial charge in [0.15, 0.2) is 5.92 Å². The van der Waals surface area contributed by atoms with Gasteiger partial charge in [0.2, 0.25) is 8.00 Å². The van der Waals surface area contributed by atoms with Crippen molar-refractivity contribution < 1.29 is 9.79 Å². The lowest BCUT2D eigenvalue weighted by atomic mass is 10.2. The summed E-state index contributed by atoms with van der Waals surface area (Å²) in [4.78, 5) is 18.7. The summed E-state index contributed by atoms with van der Waals surface area (Å²) < 4.78 is 0. The van der Waals surface area contributed by atoms with Crippen molar-refractivity contribution in [3.8, 4) is 0 Å². The predicted molar refractivity (Wildman–Crippen MR) is 64.5 cm³/mol. The van der Waals surface area contributed by atoms with Crippen molar-refractivity contribution in [3.63, 3.8) is 0 Å². The maximum atomic E-state index is 10.2. The first-order valence-electron chi connectivity index (χ1n) is 5.37. The zero-order valence-electron chi connectivity index (χ0n) is 9.28. The highest BCUT2D eigenvalue weighted by molar-refractivity contribution is 7.43. The van der Waals surface area contributed by atoms with Gasteiger partial charge in [-0.3, -0.25) is 5.32 Å². The molecule has 0 aliphatic heterocycles. The maximum Gasteiger partial charge on any atom is 0.229 e. The minimum atomic E-state index is -2.14. The molecule has 1 atom stereocenters. The summed E-state index contributed by atoms with van der Waals surface area (Å²) in [6.07, 6.45) is 8.55.